The number of aliphatic imine (C=N–C) groups is 1. The van der Waals surface area contributed by atoms with Crippen molar-refractivity contribution in [2.24, 2.45) is 4.99 Å². The molecule has 6 heteroatoms. The molecular weight excluding hydrogens is 479 g/mol. The first-order chi connectivity index (χ1) is 13.2. The van der Waals surface area contributed by atoms with Crippen LogP contribution in [0.25, 0.3) is 0 Å². The van der Waals surface area contributed by atoms with Crippen molar-refractivity contribution in [3.05, 3.63) is 58.3 Å². The smallest absolute Gasteiger partial charge is 0.191 e. The van der Waals surface area contributed by atoms with E-state index in [9.17, 15) is 0 Å². The van der Waals surface area contributed by atoms with E-state index in [0.717, 1.165) is 38.4 Å². The van der Waals surface area contributed by atoms with Gasteiger partial charge in [0.1, 0.15) is 0 Å². The molecular formula is C22H33IN4S. The molecule has 1 saturated heterocycles. The van der Waals surface area contributed by atoms with E-state index in [1.807, 2.05) is 7.05 Å². The number of hydrogen-bond donors (Lipinski definition) is 2. The average molecular weight is 513 g/mol. The highest BCUT2D eigenvalue weighted by Crippen LogP contribution is 2.20. The zero-order valence-electron chi connectivity index (χ0n) is 17.1. The quantitative estimate of drug-likeness (QED) is 0.335. The Kier molecular flexibility index (Phi) is 9.74. The summed E-state index contributed by atoms with van der Waals surface area (Å²) in [6, 6.07) is 14.0. The van der Waals surface area contributed by atoms with Gasteiger partial charge in [-0.05, 0) is 53.6 Å². The van der Waals surface area contributed by atoms with Gasteiger partial charge >= 0.3 is 0 Å². The van der Waals surface area contributed by atoms with Gasteiger partial charge in [0.25, 0.3) is 0 Å². The Morgan fingerprint density at radius 1 is 1.29 bits per heavy atom. The predicted molar refractivity (Wildman–Crippen MR) is 132 cm³/mol. The Balaban J connectivity index is 0.00000280. The molecule has 0 aliphatic carbocycles. The number of benzene rings is 1. The standard InChI is InChI=1S/C22H32N4S.HI/c1-17(20-10-12-27-16-20)14-24-22(23-3)25-21-9-11-26(18(2)13-21)15-19-7-5-4-6-8-19;/h4-8,10,12,16-18,21H,9,11,13-15H2,1-3H3,(H2,23,24,25);1H. The van der Waals surface area contributed by atoms with Crippen molar-refractivity contribution in [3.8, 4) is 0 Å². The van der Waals surface area contributed by atoms with Crippen molar-refractivity contribution in [3.63, 3.8) is 0 Å². The molecule has 0 radical (unpaired) electrons. The highest BCUT2D eigenvalue weighted by molar-refractivity contribution is 14.0. The summed E-state index contributed by atoms with van der Waals surface area (Å²) in [6.07, 6.45) is 2.30. The molecule has 0 spiro atoms. The fourth-order valence-corrected chi connectivity index (χ4v) is 4.50. The number of piperidine rings is 1. The summed E-state index contributed by atoms with van der Waals surface area (Å²) in [5.74, 6) is 1.41. The maximum absolute atomic E-state index is 4.43. The first kappa shape index (κ1) is 23.2. The van der Waals surface area contributed by atoms with Gasteiger partial charge in [-0.3, -0.25) is 9.89 Å². The Morgan fingerprint density at radius 3 is 2.71 bits per heavy atom. The number of likely N-dealkylation sites (tertiary alicyclic amines) is 1. The topological polar surface area (TPSA) is 39.7 Å². The van der Waals surface area contributed by atoms with E-state index < -0.39 is 0 Å². The van der Waals surface area contributed by atoms with Crippen LogP contribution in [0.3, 0.4) is 0 Å². The van der Waals surface area contributed by atoms with Gasteiger partial charge < -0.3 is 10.6 Å². The third-order valence-corrected chi connectivity index (χ3v) is 6.20. The van der Waals surface area contributed by atoms with Gasteiger partial charge in [-0.1, -0.05) is 37.3 Å². The van der Waals surface area contributed by atoms with Crippen LogP contribution in [-0.4, -0.2) is 43.1 Å². The molecule has 1 aliphatic rings. The average Bonchev–Trinajstić information content (AvgIpc) is 3.22. The van der Waals surface area contributed by atoms with Gasteiger partial charge in [-0.15, -0.1) is 24.0 Å². The molecule has 3 unspecified atom stereocenters. The molecule has 3 rings (SSSR count). The second kappa shape index (κ2) is 11.8. The van der Waals surface area contributed by atoms with Gasteiger partial charge in [0.05, 0.1) is 0 Å². The molecule has 2 N–H and O–H groups in total. The molecule has 0 saturated carbocycles. The largest absolute Gasteiger partial charge is 0.356 e. The Bertz CT molecular complexity index is 705. The number of guanidine groups is 1. The summed E-state index contributed by atoms with van der Waals surface area (Å²) in [6.45, 7) is 7.66. The van der Waals surface area contributed by atoms with Crippen molar-refractivity contribution >= 4 is 41.3 Å². The van der Waals surface area contributed by atoms with Gasteiger partial charge in [-0.25, -0.2) is 0 Å². The van der Waals surface area contributed by atoms with Crippen LogP contribution in [0.4, 0.5) is 0 Å². The summed E-state index contributed by atoms with van der Waals surface area (Å²) in [4.78, 5) is 7.02. The monoisotopic (exact) mass is 512 g/mol. The summed E-state index contributed by atoms with van der Waals surface area (Å²) in [7, 11) is 1.86. The molecule has 0 amide bonds. The first-order valence-corrected chi connectivity index (χ1v) is 10.9. The number of hydrogen-bond acceptors (Lipinski definition) is 3. The van der Waals surface area contributed by atoms with E-state index >= 15 is 0 Å². The lowest BCUT2D eigenvalue weighted by atomic mass is 9.97. The Hall–Kier alpha value is -1.12. The zero-order valence-corrected chi connectivity index (χ0v) is 20.2. The number of nitrogens with one attached hydrogen (secondary N) is 2. The molecule has 1 fully saturated rings. The Labute approximate surface area is 190 Å². The minimum Gasteiger partial charge on any atom is -0.356 e. The molecule has 1 aliphatic heterocycles. The maximum atomic E-state index is 4.43. The predicted octanol–water partition coefficient (Wildman–Crippen LogP) is 4.69. The molecule has 28 heavy (non-hydrogen) atoms. The van der Waals surface area contributed by atoms with Gasteiger partial charge in [0.15, 0.2) is 5.96 Å². The lowest BCUT2D eigenvalue weighted by Gasteiger charge is -2.38. The molecule has 2 aromatic rings. The van der Waals surface area contributed by atoms with Crippen LogP contribution in [0.2, 0.25) is 0 Å². The molecule has 3 atom stereocenters. The number of halogens is 1. The second-order valence-corrected chi connectivity index (χ2v) is 8.36. The fraction of sp³-hybridized carbons (Fsp3) is 0.500. The molecule has 4 nitrogen and oxygen atoms in total. The van der Waals surface area contributed by atoms with E-state index in [0.29, 0.717) is 18.0 Å². The normalized spacial score (nSPS) is 21.6. The van der Waals surface area contributed by atoms with Gasteiger partial charge in [-0.2, -0.15) is 11.3 Å². The van der Waals surface area contributed by atoms with E-state index in [2.05, 4.69) is 81.5 Å². The Morgan fingerprint density at radius 2 is 2.07 bits per heavy atom. The highest BCUT2D eigenvalue weighted by Gasteiger charge is 2.26. The highest BCUT2D eigenvalue weighted by atomic mass is 127. The second-order valence-electron chi connectivity index (χ2n) is 7.58. The van der Waals surface area contributed by atoms with E-state index in [-0.39, 0.29) is 24.0 Å². The van der Waals surface area contributed by atoms with Crippen LogP contribution in [0.1, 0.15) is 43.7 Å². The van der Waals surface area contributed by atoms with E-state index in [1.165, 1.54) is 11.1 Å². The van der Waals surface area contributed by atoms with Crippen molar-refractivity contribution in [2.45, 2.75) is 51.2 Å². The van der Waals surface area contributed by atoms with Crippen LogP contribution < -0.4 is 10.6 Å². The molecule has 0 bridgehead atoms. The van der Waals surface area contributed by atoms with Gasteiger partial charge in [0, 0.05) is 38.8 Å². The molecule has 1 aromatic carbocycles. The van der Waals surface area contributed by atoms with Crippen LogP contribution >= 0.6 is 35.3 Å². The SMILES string of the molecule is CN=C(NCC(C)c1ccsc1)NC1CCN(Cc2ccccc2)C(C)C1.I. The maximum Gasteiger partial charge on any atom is 0.191 e. The third kappa shape index (κ3) is 6.74. The summed E-state index contributed by atoms with van der Waals surface area (Å²) >= 11 is 1.76. The number of nitrogens with zero attached hydrogens (tertiary/aromatic N) is 2. The third-order valence-electron chi connectivity index (χ3n) is 5.49. The summed E-state index contributed by atoms with van der Waals surface area (Å²) < 4.78 is 0. The first-order valence-electron chi connectivity index (χ1n) is 9.93. The zero-order chi connectivity index (χ0) is 19.1. The number of thiophene rings is 1. The fourth-order valence-electron chi connectivity index (χ4n) is 3.72. The number of rotatable bonds is 6. The minimum absolute atomic E-state index is 0. The van der Waals surface area contributed by atoms with Crippen molar-refractivity contribution < 1.29 is 0 Å². The van der Waals surface area contributed by atoms with Crippen molar-refractivity contribution in [2.75, 3.05) is 20.1 Å². The lowest BCUT2D eigenvalue weighted by molar-refractivity contribution is 0.134. The molecule has 2 heterocycles. The summed E-state index contributed by atoms with van der Waals surface area (Å²) in [5.41, 5.74) is 2.79. The van der Waals surface area contributed by atoms with Crippen LogP contribution in [0.15, 0.2) is 52.2 Å². The molecule has 154 valence electrons. The van der Waals surface area contributed by atoms with Crippen LogP contribution in [-0.2, 0) is 6.54 Å². The van der Waals surface area contributed by atoms with Crippen molar-refractivity contribution in [1.82, 2.24) is 15.5 Å². The molecule has 1 aromatic heterocycles. The minimum atomic E-state index is 0. The van der Waals surface area contributed by atoms with Crippen LogP contribution in [0, 0.1) is 0 Å². The van der Waals surface area contributed by atoms with Gasteiger partial charge in [0.2, 0.25) is 0 Å². The van der Waals surface area contributed by atoms with E-state index in [1.54, 1.807) is 11.3 Å². The summed E-state index contributed by atoms with van der Waals surface area (Å²) in [5, 5.41) is 11.5. The lowest BCUT2D eigenvalue weighted by Crippen LogP contribution is -2.51. The van der Waals surface area contributed by atoms with Crippen molar-refractivity contribution in [1.29, 1.82) is 0 Å². The van der Waals surface area contributed by atoms with E-state index in [4.69, 9.17) is 0 Å². The van der Waals surface area contributed by atoms with Crippen LogP contribution in [0.5, 0.6) is 0 Å².